The molecule has 0 radical (unpaired) electrons. The van der Waals surface area contributed by atoms with E-state index in [1.54, 1.807) is 12.1 Å². The average molecular weight is 372 g/mol. The van der Waals surface area contributed by atoms with E-state index in [-0.39, 0.29) is 18.0 Å². The Bertz CT molecular complexity index is 853. The third-order valence-electron chi connectivity index (χ3n) is 4.63. The molecule has 2 aromatic carbocycles. The molecule has 0 aliphatic carbocycles. The smallest absolute Gasteiger partial charge is 0.150 e. The Morgan fingerprint density at radius 1 is 0.962 bits per heavy atom. The van der Waals surface area contributed by atoms with Gasteiger partial charge in [-0.15, -0.1) is 0 Å². The molecule has 0 spiro atoms. The van der Waals surface area contributed by atoms with Gasteiger partial charge in [0.2, 0.25) is 0 Å². The summed E-state index contributed by atoms with van der Waals surface area (Å²) in [5.74, 6) is 0.253. The zero-order valence-corrected chi connectivity index (χ0v) is 17.2. The molecule has 0 amide bonds. The van der Waals surface area contributed by atoms with Gasteiger partial charge in [-0.25, -0.2) is 8.99 Å². The molecular weight excluding hydrogens is 342 g/mol. The summed E-state index contributed by atoms with van der Waals surface area (Å²) in [6, 6.07) is 13.2. The second-order valence-corrected chi connectivity index (χ2v) is 9.68. The van der Waals surface area contributed by atoms with Gasteiger partial charge in [0.05, 0.1) is 15.5 Å². The van der Waals surface area contributed by atoms with E-state index >= 15 is 0 Å². The van der Waals surface area contributed by atoms with Crippen LogP contribution in [0.25, 0.3) is 0 Å². The van der Waals surface area contributed by atoms with Crippen molar-refractivity contribution in [3.05, 3.63) is 64.7 Å². The lowest BCUT2D eigenvalue weighted by Gasteiger charge is -2.19. The van der Waals surface area contributed by atoms with Crippen LogP contribution in [0.3, 0.4) is 0 Å². The van der Waals surface area contributed by atoms with E-state index in [9.17, 15) is 9.00 Å². The Kier molecular flexibility index (Phi) is 6.40. The fourth-order valence-corrected chi connectivity index (χ4v) is 4.52. The molecule has 0 bridgehead atoms. The Morgan fingerprint density at radius 2 is 1.46 bits per heavy atom. The lowest BCUT2D eigenvalue weighted by atomic mass is 9.86. The van der Waals surface area contributed by atoms with Crippen molar-refractivity contribution in [1.82, 2.24) is 0 Å². The quantitative estimate of drug-likeness (QED) is 0.702. The topological polar surface area (TPSA) is 58.0 Å². The Hall–Kier alpha value is -1.94. The number of ketones is 1. The van der Waals surface area contributed by atoms with Crippen molar-refractivity contribution in [1.29, 1.82) is 4.78 Å². The van der Waals surface area contributed by atoms with Crippen LogP contribution in [-0.4, -0.2) is 15.7 Å². The maximum Gasteiger partial charge on any atom is 0.150 e. The fraction of sp³-hybridized carbons (Fsp3) is 0.409. The summed E-state index contributed by atoms with van der Waals surface area (Å²) in [4.78, 5) is 13.1. The van der Waals surface area contributed by atoms with Crippen molar-refractivity contribution in [3.8, 4) is 0 Å². The van der Waals surface area contributed by atoms with E-state index in [1.165, 1.54) is 0 Å². The number of nitrogens with one attached hydrogen (secondary N) is 1. The summed E-state index contributed by atoms with van der Waals surface area (Å²) in [7, 11) is -3.11. The maximum absolute atomic E-state index is 12.8. The Balaban J connectivity index is 2.29. The first-order chi connectivity index (χ1) is 12.1. The van der Waals surface area contributed by atoms with E-state index in [0.717, 1.165) is 22.3 Å². The van der Waals surface area contributed by atoms with Crippen LogP contribution in [0.4, 0.5) is 0 Å². The van der Waals surface area contributed by atoms with Gasteiger partial charge in [0.15, 0.2) is 5.78 Å². The molecule has 2 aromatic rings. The molecule has 2 rings (SSSR count). The SMILES string of the molecule is Cc1ccc([S@](=N)(=O)CC(=O)Cc2c(C(C)C)cccc2C(C)C)cc1. The molecule has 3 nitrogen and oxygen atoms in total. The van der Waals surface area contributed by atoms with Crippen LogP contribution < -0.4 is 0 Å². The second-order valence-electron chi connectivity index (χ2n) is 7.57. The lowest BCUT2D eigenvalue weighted by Crippen LogP contribution is -2.19. The van der Waals surface area contributed by atoms with E-state index in [4.69, 9.17) is 4.78 Å². The molecular formula is C22H29NO2S. The summed E-state index contributed by atoms with van der Waals surface area (Å²) >= 11 is 0. The number of carbonyl (C=O) groups is 1. The van der Waals surface area contributed by atoms with Crippen LogP contribution in [0, 0.1) is 11.7 Å². The van der Waals surface area contributed by atoms with Crippen molar-refractivity contribution in [3.63, 3.8) is 0 Å². The van der Waals surface area contributed by atoms with Crippen LogP contribution in [0.1, 0.15) is 61.8 Å². The lowest BCUT2D eigenvalue weighted by molar-refractivity contribution is -0.116. The largest absolute Gasteiger partial charge is 0.298 e. The molecule has 0 fully saturated rings. The summed E-state index contributed by atoms with van der Waals surface area (Å²) in [6.45, 7) is 10.4. The minimum Gasteiger partial charge on any atom is -0.298 e. The number of rotatable bonds is 7. The number of Topliss-reactive ketones (excluding diaryl/α,β-unsaturated/α-hetero) is 1. The molecule has 0 heterocycles. The molecule has 0 saturated carbocycles. The predicted molar refractivity (Wildman–Crippen MR) is 109 cm³/mol. The van der Waals surface area contributed by atoms with Gasteiger partial charge in [0.25, 0.3) is 0 Å². The van der Waals surface area contributed by atoms with Gasteiger partial charge in [-0.2, -0.15) is 0 Å². The summed E-state index contributed by atoms with van der Waals surface area (Å²) < 4.78 is 21.0. The van der Waals surface area contributed by atoms with Gasteiger partial charge in [0.1, 0.15) is 0 Å². The molecule has 0 aliphatic rings. The van der Waals surface area contributed by atoms with Crippen LogP contribution in [-0.2, 0) is 20.9 Å². The Labute approximate surface area is 157 Å². The number of hydrogen-bond donors (Lipinski definition) is 1. The van der Waals surface area contributed by atoms with Gasteiger partial charge in [-0.3, -0.25) is 4.79 Å². The Morgan fingerprint density at radius 3 is 1.92 bits per heavy atom. The van der Waals surface area contributed by atoms with E-state index in [1.807, 2.05) is 25.1 Å². The molecule has 0 aliphatic heterocycles. The number of aryl methyl sites for hydroxylation is 1. The van der Waals surface area contributed by atoms with Gasteiger partial charge < -0.3 is 0 Å². The molecule has 4 heteroatoms. The minimum absolute atomic E-state index is 0.138. The average Bonchev–Trinajstić information content (AvgIpc) is 2.54. The molecule has 0 unspecified atom stereocenters. The third kappa shape index (κ3) is 4.82. The summed E-state index contributed by atoms with van der Waals surface area (Å²) in [5.41, 5.74) is 4.41. The van der Waals surface area contributed by atoms with Gasteiger partial charge >= 0.3 is 0 Å². The van der Waals surface area contributed by atoms with Crippen molar-refractivity contribution < 1.29 is 9.00 Å². The highest BCUT2D eigenvalue weighted by Crippen LogP contribution is 2.28. The molecule has 1 N–H and O–H groups in total. The zero-order chi connectivity index (χ0) is 19.5. The van der Waals surface area contributed by atoms with Crippen molar-refractivity contribution in [2.45, 2.75) is 57.8 Å². The normalized spacial score (nSPS) is 13.8. The first-order valence-electron chi connectivity index (χ1n) is 9.08. The first-order valence-corrected chi connectivity index (χ1v) is 10.8. The van der Waals surface area contributed by atoms with Crippen molar-refractivity contribution >= 4 is 15.5 Å². The number of benzene rings is 2. The second kappa shape index (κ2) is 8.17. The highest BCUT2D eigenvalue weighted by molar-refractivity contribution is 7.93. The van der Waals surface area contributed by atoms with E-state index in [2.05, 4.69) is 39.8 Å². The summed E-state index contributed by atoms with van der Waals surface area (Å²) in [5, 5.41) is 0. The number of carbonyl (C=O) groups excluding carboxylic acids is 1. The van der Waals surface area contributed by atoms with Gasteiger partial charge in [-0.05, 0) is 47.6 Å². The van der Waals surface area contributed by atoms with Crippen LogP contribution in [0.5, 0.6) is 0 Å². The van der Waals surface area contributed by atoms with Gasteiger partial charge in [0, 0.05) is 11.3 Å². The third-order valence-corrected chi connectivity index (χ3v) is 6.39. The van der Waals surface area contributed by atoms with Crippen LogP contribution in [0.2, 0.25) is 0 Å². The van der Waals surface area contributed by atoms with Crippen LogP contribution >= 0.6 is 0 Å². The molecule has 0 saturated heterocycles. The highest BCUT2D eigenvalue weighted by atomic mass is 32.2. The van der Waals surface area contributed by atoms with E-state index < -0.39 is 9.73 Å². The van der Waals surface area contributed by atoms with Crippen LogP contribution in [0.15, 0.2) is 47.4 Å². The molecule has 140 valence electrons. The minimum atomic E-state index is -3.11. The van der Waals surface area contributed by atoms with Crippen molar-refractivity contribution in [2.75, 3.05) is 5.75 Å². The van der Waals surface area contributed by atoms with E-state index in [0.29, 0.717) is 16.7 Å². The standard InChI is InChI=1S/C22H29NO2S/c1-15(2)20-7-6-8-21(16(3)4)22(20)13-18(24)14-26(23,25)19-11-9-17(5)10-12-19/h6-12,15-16,23H,13-14H2,1-5H3/t26-/m1/s1. The summed E-state index contributed by atoms with van der Waals surface area (Å²) in [6.07, 6.45) is 0.240. The number of hydrogen-bond acceptors (Lipinski definition) is 3. The molecule has 1 atom stereocenters. The van der Waals surface area contributed by atoms with Gasteiger partial charge in [-0.1, -0.05) is 63.6 Å². The highest BCUT2D eigenvalue weighted by Gasteiger charge is 2.20. The zero-order valence-electron chi connectivity index (χ0n) is 16.3. The monoisotopic (exact) mass is 371 g/mol. The molecule has 26 heavy (non-hydrogen) atoms. The molecule has 0 aromatic heterocycles. The van der Waals surface area contributed by atoms with Crippen molar-refractivity contribution in [2.24, 2.45) is 0 Å². The predicted octanol–water partition coefficient (Wildman–Crippen LogP) is 5.46. The first kappa shape index (κ1) is 20.4. The maximum atomic E-state index is 12.8. The fourth-order valence-electron chi connectivity index (χ4n) is 3.23.